The van der Waals surface area contributed by atoms with Crippen molar-refractivity contribution >= 4 is 17.5 Å². The van der Waals surface area contributed by atoms with Crippen molar-refractivity contribution in [1.29, 1.82) is 0 Å². The molecule has 122 valence electrons. The Balaban J connectivity index is 1.51. The van der Waals surface area contributed by atoms with Gasteiger partial charge < -0.3 is 4.90 Å². The standard InChI is InChI=1S/C20H20N2O2/c1-14-8-9-18-15(13-14)5-4-10-21(18)11-12-22-19(23)16-6-2-3-7-17(16)20(22)24/h2-3,6-9,13H,4-5,10-12H2,1H3. The molecule has 4 heteroatoms. The van der Waals surface area contributed by atoms with Crippen LogP contribution in [0.5, 0.6) is 0 Å². The summed E-state index contributed by atoms with van der Waals surface area (Å²) in [4.78, 5) is 28.6. The zero-order valence-corrected chi connectivity index (χ0v) is 13.8. The quantitative estimate of drug-likeness (QED) is 0.816. The Morgan fingerprint density at radius 2 is 1.67 bits per heavy atom. The van der Waals surface area contributed by atoms with E-state index in [0.717, 1.165) is 19.4 Å². The zero-order chi connectivity index (χ0) is 16.7. The van der Waals surface area contributed by atoms with Crippen molar-refractivity contribution in [2.24, 2.45) is 0 Å². The lowest BCUT2D eigenvalue weighted by Gasteiger charge is -2.32. The van der Waals surface area contributed by atoms with E-state index in [2.05, 4.69) is 30.0 Å². The maximum Gasteiger partial charge on any atom is 0.261 e. The highest BCUT2D eigenvalue weighted by Crippen LogP contribution is 2.28. The molecule has 2 aliphatic heterocycles. The minimum Gasteiger partial charge on any atom is -0.370 e. The van der Waals surface area contributed by atoms with Crippen LogP contribution in [0.3, 0.4) is 0 Å². The van der Waals surface area contributed by atoms with Crippen molar-refractivity contribution in [2.45, 2.75) is 19.8 Å². The minimum absolute atomic E-state index is 0.170. The summed E-state index contributed by atoms with van der Waals surface area (Å²) in [5, 5.41) is 0. The van der Waals surface area contributed by atoms with Gasteiger partial charge in [0.1, 0.15) is 0 Å². The predicted molar refractivity (Wildman–Crippen MR) is 93.5 cm³/mol. The number of fused-ring (bicyclic) bond motifs is 2. The highest BCUT2D eigenvalue weighted by molar-refractivity contribution is 6.21. The molecule has 0 atom stereocenters. The molecule has 0 aromatic heterocycles. The molecule has 2 aromatic rings. The molecule has 0 aliphatic carbocycles. The molecule has 2 heterocycles. The summed E-state index contributed by atoms with van der Waals surface area (Å²) in [5.74, 6) is -0.339. The number of carbonyl (C=O) groups is 2. The molecule has 0 saturated carbocycles. The Morgan fingerprint density at radius 1 is 0.958 bits per heavy atom. The van der Waals surface area contributed by atoms with E-state index in [4.69, 9.17) is 0 Å². The number of benzene rings is 2. The third-order valence-electron chi connectivity index (χ3n) is 4.92. The maximum atomic E-state index is 12.5. The SMILES string of the molecule is Cc1ccc2c(c1)CCCN2CCN1C(=O)c2ccccc2C1=O. The van der Waals surface area contributed by atoms with Crippen molar-refractivity contribution in [3.05, 3.63) is 64.7 Å². The van der Waals surface area contributed by atoms with Crippen LogP contribution in [0.25, 0.3) is 0 Å². The summed E-state index contributed by atoms with van der Waals surface area (Å²) in [7, 11) is 0. The van der Waals surface area contributed by atoms with Crippen LogP contribution in [0.1, 0.15) is 38.3 Å². The lowest BCUT2D eigenvalue weighted by Crippen LogP contribution is -2.40. The van der Waals surface area contributed by atoms with E-state index in [0.29, 0.717) is 24.2 Å². The van der Waals surface area contributed by atoms with Crippen LogP contribution in [-0.2, 0) is 6.42 Å². The van der Waals surface area contributed by atoms with Crippen molar-refractivity contribution in [3.63, 3.8) is 0 Å². The van der Waals surface area contributed by atoms with Crippen molar-refractivity contribution in [2.75, 3.05) is 24.5 Å². The van der Waals surface area contributed by atoms with Crippen molar-refractivity contribution in [1.82, 2.24) is 4.90 Å². The molecule has 0 bridgehead atoms. The summed E-state index contributed by atoms with van der Waals surface area (Å²) in [5.41, 5.74) is 4.93. The summed E-state index contributed by atoms with van der Waals surface area (Å²) in [6.07, 6.45) is 2.21. The largest absolute Gasteiger partial charge is 0.370 e. The fraction of sp³-hybridized carbons (Fsp3) is 0.300. The molecule has 2 aliphatic rings. The smallest absolute Gasteiger partial charge is 0.261 e. The number of hydrogen-bond donors (Lipinski definition) is 0. The number of imide groups is 1. The average Bonchev–Trinajstić information content (AvgIpc) is 2.84. The van der Waals surface area contributed by atoms with E-state index < -0.39 is 0 Å². The van der Waals surface area contributed by atoms with Gasteiger partial charge in [-0.3, -0.25) is 14.5 Å². The zero-order valence-electron chi connectivity index (χ0n) is 13.8. The average molecular weight is 320 g/mol. The van der Waals surface area contributed by atoms with E-state index in [1.54, 1.807) is 24.3 Å². The van der Waals surface area contributed by atoms with Gasteiger partial charge in [-0.25, -0.2) is 0 Å². The number of carbonyl (C=O) groups excluding carboxylic acids is 2. The molecular formula is C20H20N2O2. The van der Waals surface area contributed by atoms with Crippen LogP contribution >= 0.6 is 0 Å². The van der Waals surface area contributed by atoms with Crippen LogP contribution < -0.4 is 4.90 Å². The molecule has 2 aromatic carbocycles. The van der Waals surface area contributed by atoms with Crippen LogP contribution in [0, 0.1) is 6.92 Å². The van der Waals surface area contributed by atoms with E-state index in [-0.39, 0.29) is 11.8 Å². The highest BCUT2D eigenvalue weighted by Gasteiger charge is 2.35. The van der Waals surface area contributed by atoms with Gasteiger partial charge in [-0.2, -0.15) is 0 Å². The molecule has 0 radical (unpaired) electrons. The molecule has 4 rings (SSSR count). The lowest BCUT2D eigenvalue weighted by atomic mass is 9.99. The van der Waals surface area contributed by atoms with Gasteiger partial charge in [0.2, 0.25) is 0 Å². The number of aryl methyl sites for hydroxylation is 2. The fourth-order valence-corrected chi connectivity index (χ4v) is 3.70. The molecule has 0 unspecified atom stereocenters. The second-order valence-electron chi connectivity index (χ2n) is 6.53. The van der Waals surface area contributed by atoms with Gasteiger partial charge in [0.15, 0.2) is 0 Å². The Bertz CT molecular complexity index is 793. The molecule has 0 spiro atoms. The number of amides is 2. The summed E-state index contributed by atoms with van der Waals surface area (Å²) in [6, 6.07) is 13.6. The summed E-state index contributed by atoms with van der Waals surface area (Å²) in [6.45, 7) is 4.19. The minimum atomic E-state index is -0.170. The first-order valence-electron chi connectivity index (χ1n) is 8.45. The van der Waals surface area contributed by atoms with Gasteiger partial charge in [0.25, 0.3) is 11.8 Å². The first-order chi connectivity index (χ1) is 11.6. The predicted octanol–water partition coefficient (Wildman–Crippen LogP) is 3.04. The number of anilines is 1. The molecule has 4 nitrogen and oxygen atoms in total. The third kappa shape index (κ3) is 2.39. The summed E-state index contributed by atoms with van der Waals surface area (Å²) < 4.78 is 0. The van der Waals surface area contributed by atoms with E-state index >= 15 is 0 Å². The second-order valence-corrected chi connectivity index (χ2v) is 6.53. The molecule has 0 saturated heterocycles. The lowest BCUT2D eigenvalue weighted by molar-refractivity contribution is 0.0658. The van der Waals surface area contributed by atoms with Crippen molar-refractivity contribution < 1.29 is 9.59 Å². The Labute approximate surface area is 141 Å². The molecule has 2 amide bonds. The topological polar surface area (TPSA) is 40.6 Å². The maximum absolute atomic E-state index is 12.5. The number of rotatable bonds is 3. The van der Waals surface area contributed by atoms with Crippen LogP contribution in [0.15, 0.2) is 42.5 Å². The Hall–Kier alpha value is -2.62. The molecule has 0 N–H and O–H groups in total. The molecular weight excluding hydrogens is 300 g/mol. The van der Waals surface area contributed by atoms with Gasteiger partial charge in [-0.05, 0) is 43.5 Å². The second kappa shape index (κ2) is 5.78. The number of hydrogen-bond acceptors (Lipinski definition) is 3. The van der Waals surface area contributed by atoms with Crippen LogP contribution in [-0.4, -0.2) is 36.3 Å². The van der Waals surface area contributed by atoms with Gasteiger partial charge in [-0.15, -0.1) is 0 Å². The Kier molecular flexibility index (Phi) is 3.60. The van der Waals surface area contributed by atoms with Crippen molar-refractivity contribution in [3.8, 4) is 0 Å². The highest BCUT2D eigenvalue weighted by atomic mass is 16.2. The summed E-state index contributed by atoms with van der Waals surface area (Å²) >= 11 is 0. The monoisotopic (exact) mass is 320 g/mol. The number of nitrogens with zero attached hydrogens (tertiary/aromatic N) is 2. The van der Waals surface area contributed by atoms with E-state index in [9.17, 15) is 9.59 Å². The van der Waals surface area contributed by atoms with Gasteiger partial charge in [0, 0.05) is 25.3 Å². The Morgan fingerprint density at radius 3 is 2.38 bits per heavy atom. The molecule has 0 fully saturated rings. The molecule has 24 heavy (non-hydrogen) atoms. The van der Waals surface area contributed by atoms with Gasteiger partial charge >= 0.3 is 0 Å². The first kappa shape index (κ1) is 14.9. The fourth-order valence-electron chi connectivity index (χ4n) is 3.70. The van der Waals surface area contributed by atoms with Gasteiger partial charge in [-0.1, -0.05) is 29.8 Å². The van der Waals surface area contributed by atoms with E-state index in [1.165, 1.54) is 21.7 Å². The van der Waals surface area contributed by atoms with E-state index in [1.807, 2.05) is 0 Å². The first-order valence-corrected chi connectivity index (χ1v) is 8.45. The normalized spacial score (nSPS) is 16.4. The van der Waals surface area contributed by atoms with Gasteiger partial charge in [0.05, 0.1) is 11.1 Å². The van der Waals surface area contributed by atoms with Crippen LogP contribution in [0.2, 0.25) is 0 Å². The third-order valence-corrected chi connectivity index (χ3v) is 4.92. The van der Waals surface area contributed by atoms with Crippen LogP contribution in [0.4, 0.5) is 5.69 Å².